The van der Waals surface area contributed by atoms with E-state index in [1.54, 1.807) is 0 Å². The molecule has 17 heavy (non-hydrogen) atoms. The molecule has 2 N–H and O–H groups in total. The molecule has 0 spiro atoms. The van der Waals surface area contributed by atoms with Gasteiger partial charge in [-0.25, -0.2) is 4.79 Å². The third-order valence-electron chi connectivity index (χ3n) is 2.12. The fraction of sp³-hybridized carbons (Fsp3) is 0.778. The van der Waals surface area contributed by atoms with Crippen LogP contribution in [-0.4, -0.2) is 31.2 Å². The summed E-state index contributed by atoms with van der Waals surface area (Å²) in [5.74, 6) is -1.46. The number of halogens is 4. The van der Waals surface area contributed by atoms with Gasteiger partial charge in [0.1, 0.15) is 0 Å². The van der Waals surface area contributed by atoms with Gasteiger partial charge in [0.05, 0.1) is 11.1 Å². The monoisotopic (exact) mass is 323 g/mol. The molecule has 8 heteroatoms. The molecule has 1 unspecified atom stereocenters. The van der Waals surface area contributed by atoms with E-state index in [9.17, 15) is 4.79 Å². The second-order valence-electron chi connectivity index (χ2n) is 3.46. The molecule has 1 rings (SSSR count). The molecule has 0 radical (unpaired) electrons. The maximum Gasteiger partial charge on any atom is 0.356 e. The summed E-state index contributed by atoms with van der Waals surface area (Å²) in [4.78, 5) is 9.62. The van der Waals surface area contributed by atoms with Crippen LogP contribution in [0.3, 0.4) is 0 Å². The van der Waals surface area contributed by atoms with Gasteiger partial charge >= 0.3 is 5.97 Å². The van der Waals surface area contributed by atoms with Crippen LogP contribution in [0.5, 0.6) is 0 Å². The van der Waals surface area contributed by atoms with E-state index >= 15 is 0 Å². The predicted molar refractivity (Wildman–Crippen MR) is 69.9 cm³/mol. The van der Waals surface area contributed by atoms with Crippen molar-refractivity contribution in [3.8, 4) is 0 Å². The summed E-state index contributed by atoms with van der Waals surface area (Å²) in [5, 5.41) is 19.5. The molecule has 0 saturated heterocycles. The SMILES string of the molecule is O/N=C1/CCCCCC1Cl.O=C(O)C(Cl)(Cl)Cl. The Morgan fingerprint density at radius 3 is 2.24 bits per heavy atom. The van der Waals surface area contributed by atoms with Gasteiger partial charge in [-0.2, -0.15) is 0 Å². The predicted octanol–water partition coefficient (Wildman–Crippen LogP) is 3.83. The highest BCUT2D eigenvalue weighted by Gasteiger charge is 2.29. The fourth-order valence-electron chi connectivity index (χ4n) is 1.24. The lowest BCUT2D eigenvalue weighted by atomic mass is 10.2. The minimum atomic E-state index is -2.17. The average Bonchev–Trinajstić information content (AvgIpc) is 2.42. The van der Waals surface area contributed by atoms with Gasteiger partial charge in [-0.15, -0.1) is 11.6 Å². The van der Waals surface area contributed by atoms with Crippen molar-refractivity contribution in [3.63, 3.8) is 0 Å². The third-order valence-corrected chi connectivity index (χ3v) is 3.08. The molecule has 1 aliphatic rings. The number of rotatable bonds is 0. The number of carbonyl (C=O) groups is 1. The largest absolute Gasteiger partial charge is 0.478 e. The Balaban J connectivity index is 0.000000325. The highest BCUT2D eigenvalue weighted by molar-refractivity contribution is 6.75. The summed E-state index contributed by atoms with van der Waals surface area (Å²) >= 11 is 20.3. The zero-order valence-corrected chi connectivity index (χ0v) is 11.9. The van der Waals surface area contributed by atoms with E-state index in [0.717, 1.165) is 31.4 Å². The van der Waals surface area contributed by atoms with Gasteiger partial charge in [-0.3, -0.25) is 0 Å². The van der Waals surface area contributed by atoms with Crippen LogP contribution in [-0.2, 0) is 4.79 Å². The second-order valence-corrected chi connectivity index (χ2v) is 6.27. The first-order valence-corrected chi connectivity index (χ1v) is 6.51. The molecule has 0 aliphatic heterocycles. The van der Waals surface area contributed by atoms with Crippen molar-refractivity contribution < 1.29 is 15.1 Å². The molecule has 4 nitrogen and oxygen atoms in total. The molecule has 0 amide bonds. The summed E-state index contributed by atoms with van der Waals surface area (Å²) in [6, 6.07) is 0. The minimum Gasteiger partial charge on any atom is -0.478 e. The standard InChI is InChI=1S/C7H12ClNO.C2HCl3O2/c8-6-4-2-1-3-5-7(6)9-10;3-2(4,5)1(6)7/h6,10H,1-5H2;(H,6,7)/b9-7-;. The van der Waals surface area contributed by atoms with Crippen LogP contribution >= 0.6 is 46.4 Å². The van der Waals surface area contributed by atoms with Crippen molar-refractivity contribution in [1.82, 2.24) is 0 Å². The average molecular weight is 325 g/mol. The highest BCUT2D eigenvalue weighted by Crippen LogP contribution is 2.25. The zero-order chi connectivity index (χ0) is 13.5. The number of carboxylic acids is 1. The number of hydrogen-bond acceptors (Lipinski definition) is 3. The molecule has 1 fully saturated rings. The first kappa shape index (κ1) is 17.1. The molecule has 0 heterocycles. The fourth-order valence-corrected chi connectivity index (χ4v) is 1.55. The molecule has 1 aliphatic carbocycles. The molecule has 0 aromatic heterocycles. The van der Waals surface area contributed by atoms with E-state index in [1.165, 1.54) is 6.42 Å². The third kappa shape index (κ3) is 7.92. The second kappa shape index (κ2) is 8.25. The summed E-state index contributed by atoms with van der Waals surface area (Å²) < 4.78 is -2.17. The molecule has 0 aromatic carbocycles. The molecule has 1 saturated carbocycles. The van der Waals surface area contributed by atoms with E-state index in [0.29, 0.717) is 0 Å². The van der Waals surface area contributed by atoms with Crippen molar-refractivity contribution in [3.05, 3.63) is 0 Å². The molecule has 0 bridgehead atoms. The number of oxime groups is 1. The van der Waals surface area contributed by atoms with Gasteiger partial charge in [-0.05, 0) is 19.3 Å². The van der Waals surface area contributed by atoms with Crippen molar-refractivity contribution >= 4 is 58.1 Å². The van der Waals surface area contributed by atoms with Crippen LogP contribution in [0.4, 0.5) is 0 Å². The number of carboxylic acid groups (broad SMARTS) is 1. The molecule has 100 valence electrons. The zero-order valence-electron chi connectivity index (χ0n) is 8.87. The van der Waals surface area contributed by atoms with Crippen LogP contribution in [0.15, 0.2) is 5.16 Å². The van der Waals surface area contributed by atoms with Crippen LogP contribution in [0.1, 0.15) is 32.1 Å². The Morgan fingerprint density at radius 1 is 1.29 bits per heavy atom. The smallest absolute Gasteiger partial charge is 0.356 e. The molecule has 0 aromatic rings. The quantitative estimate of drug-likeness (QED) is 0.308. The number of aliphatic carboxylic acids is 1. The summed E-state index contributed by atoms with van der Waals surface area (Å²) in [7, 11) is 0. The van der Waals surface area contributed by atoms with E-state index in [-0.39, 0.29) is 5.38 Å². The van der Waals surface area contributed by atoms with Gasteiger partial charge in [0.15, 0.2) is 0 Å². The molecular weight excluding hydrogens is 312 g/mol. The van der Waals surface area contributed by atoms with Crippen molar-refractivity contribution in [1.29, 1.82) is 0 Å². The Bertz CT molecular complexity index is 278. The molecular formula is C9H13Cl4NO3. The van der Waals surface area contributed by atoms with Gasteiger partial charge in [0.25, 0.3) is 3.79 Å². The lowest BCUT2D eigenvalue weighted by molar-refractivity contribution is -0.135. The summed E-state index contributed by atoms with van der Waals surface area (Å²) in [5.41, 5.74) is 0.763. The van der Waals surface area contributed by atoms with Crippen LogP contribution in [0.25, 0.3) is 0 Å². The Hall–Kier alpha value is 0.1000. The Labute approximate surface area is 119 Å². The van der Waals surface area contributed by atoms with Crippen LogP contribution in [0.2, 0.25) is 0 Å². The Kier molecular flexibility index (Phi) is 8.29. The van der Waals surface area contributed by atoms with Gasteiger partial charge in [0.2, 0.25) is 0 Å². The first-order chi connectivity index (χ1) is 7.79. The summed E-state index contributed by atoms with van der Waals surface area (Å²) in [6.45, 7) is 0. The highest BCUT2D eigenvalue weighted by atomic mass is 35.6. The van der Waals surface area contributed by atoms with E-state index in [2.05, 4.69) is 5.16 Å². The Morgan fingerprint density at radius 2 is 1.82 bits per heavy atom. The topological polar surface area (TPSA) is 69.9 Å². The van der Waals surface area contributed by atoms with Gasteiger partial charge in [-0.1, -0.05) is 52.8 Å². The van der Waals surface area contributed by atoms with Crippen molar-refractivity contribution in [2.24, 2.45) is 5.16 Å². The van der Waals surface area contributed by atoms with E-state index in [1.807, 2.05) is 0 Å². The van der Waals surface area contributed by atoms with Crippen molar-refractivity contribution in [2.75, 3.05) is 0 Å². The number of hydrogen-bond donors (Lipinski definition) is 2. The van der Waals surface area contributed by atoms with Crippen LogP contribution < -0.4 is 0 Å². The maximum absolute atomic E-state index is 9.62. The van der Waals surface area contributed by atoms with Crippen LogP contribution in [0, 0.1) is 0 Å². The van der Waals surface area contributed by atoms with Gasteiger partial charge < -0.3 is 10.3 Å². The number of alkyl halides is 4. The normalized spacial score (nSPS) is 23.5. The van der Waals surface area contributed by atoms with E-state index < -0.39 is 9.76 Å². The van der Waals surface area contributed by atoms with Crippen molar-refractivity contribution in [2.45, 2.75) is 41.3 Å². The lowest BCUT2D eigenvalue weighted by Crippen LogP contribution is -2.16. The van der Waals surface area contributed by atoms with Gasteiger partial charge in [0, 0.05) is 0 Å². The van der Waals surface area contributed by atoms with E-state index in [4.69, 9.17) is 56.7 Å². The maximum atomic E-state index is 9.62. The number of nitrogens with zero attached hydrogens (tertiary/aromatic N) is 1. The lowest BCUT2D eigenvalue weighted by Gasteiger charge is -2.04. The summed E-state index contributed by atoms with van der Waals surface area (Å²) in [6.07, 6.45) is 5.31. The first-order valence-electron chi connectivity index (χ1n) is 4.94. The minimum absolute atomic E-state index is 0.0208. The molecule has 1 atom stereocenters.